The molecule has 172 valence electrons. The first-order chi connectivity index (χ1) is 15.5. The van der Waals surface area contributed by atoms with Crippen LogP contribution in [0.2, 0.25) is 0 Å². The SMILES string of the molecule is COCCN1CC(c2cc(N(C)C)nc(C3CCN(Cc4cccnc4)CC3)n2)CC1=O. The molecule has 1 unspecified atom stereocenters. The zero-order chi connectivity index (χ0) is 22.5. The zero-order valence-electron chi connectivity index (χ0n) is 19.4. The summed E-state index contributed by atoms with van der Waals surface area (Å²) in [4.78, 5) is 33.0. The molecule has 0 N–H and O–H groups in total. The molecule has 2 aliphatic rings. The summed E-state index contributed by atoms with van der Waals surface area (Å²) in [5.41, 5.74) is 2.24. The lowest BCUT2D eigenvalue weighted by Gasteiger charge is -2.31. The van der Waals surface area contributed by atoms with Gasteiger partial charge in [0.25, 0.3) is 0 Å². The van der Waals surface area contributed by atoms with Gasteiger partial charge in [0.1, 0.15) is 11.6 Å². The molecule has 8 nitrogen and oxygen atoms in total. The highest BCUT2D eigenvalue weighted by molar-refractivity contribution is 5.79. The molecule has 4 rings (SSSR count). The summed E-state index contributed by atoms with van der Waals surface area (Å²) in [6.45, 7) is 4.89. The second kappa shape index (κ2) is 10.4. The van der Waals surface area contributed by atoms with Crippen LogP contribution in [-0.2, 0) is 16.1 Å². The number of carbonyl (C=O) groups excluding carboxylic acids is 1. The summed E-state index contributed by atoms with van der Waals surface area (Å²) >= 11 is 0. The molecular formula is C24H34N6O2. The number of hydrogen-bond acceptors (Lipinski definition) is 7. The molecule has 2 aromatic heterocycles. The monoisotopic (exact) mass is 438 g/mol. The van der Waals surface area contributed by atoms with Crippen molar-refractivity contribution in [3.05, 3.63) is 47.7 Å². The summed E-state index contributed by atoms with van der Waals surface area (Å²) in [5.74, 6) is 2.49. The summed E-state index contributed by atoms with van der Waals surface area (Å²) in [6.07, 6.45) is 6.36. The standard InChI is InChI=1S/C24H34N6O2/c1-28(2)22-14-21(20-13-23(31)30(17-20)11-12-32-3)26-24(27-22)19-6-9-29(10-7-19)16-18-5-4-8-25-15-18/h4-5,8,14-15,19-20H,6-7,9-13,16-17H2,1-3H3. The fraction of sp³-hybridized carbons (Fsp3) is 0.583. The predicted octanol–water partition coefficient (Wildman–Crippen LogP) is 2.28. The van der Waals surface area contributed by atoms with Gasteiger partial charge >= 0.3 is 0 Å². The van der Waals surface area contributed by atoms with Crippen molar-refractivity contribution in [3.63, 3.8) is 0 Å². The molecule has 32 heavy (non-hydrogen) atoms. The Labute approximate surface area is 190 Å². The minimum atomic E-state index is 0.116. The van der Waals surface area contributed by atoms with Crippen molar-refractivity contribution in [2.24, 2.45) is 0 Å². The first kappa shape index (κ1) is 22.6. The summed E-state index contributed by atoms with van der Waals surface area (Å²) in [5, 5.41) is 0. The Hall–Kier alpha value is -2.58. The van der Waals surface area contributed by atoms with Crippen LogP contribution in [0.25, 0.3) is 0 Å². The van der Waals surface area contributed by atoms with Crippen LogP contribution in [-0.4, -0.2) is 84.6 Å². The highest BCUT2D eigenvalue weighted by Gasteiger charge is 2.33. The van der Waals surface area contributed by atoms with E-state index in [1.54, 1.807) is 7.11 Å². The Morgan fingerprint density at radius 2 is 2.00 bits per heavy atom. The Morgan fingerprint density at radius 3 is 2.69 bits per heavy atom. The van der Waals surface area contributed by atoms with Crippen LogP contribution < -0.4 is 4.90 Å². The fourth-order valence-electron chi connectivity index (χ4n) is 4.58. The first-order valence-corrected chi connectivity index (χ1v) is 11.5. The van der Waals surface area contributed by atoms with Gasteiger partial charge in [-0.05, 0) is 37.6 Å². The van der Waals surface area contributed by atoms with E-state index in [4.69, 9.17) is 14.7 Å². The van der Waals surface area contributed by atoms with E-state index in [9.17, 15) is 4.79 Å². The molecule has 0 saturated carbocycles. The second-order valence-electron chi connectivity index (χ2n) is 9.05. The van der Waals surface area contributed by atoms with E-state index in [-0.39, 0.29) is 11.8 Å². The second-order valence-corrected chi connectivity index (χ2v) is 9.05. The average molecular weight is 439 g/mol. The van der Waals surface area contributed by atoms with Crippen molar-refractivity contribution in [2.45, 2.75) is 37.6 Å². The van der Waals surface area contributed by atoms with Crippen molar-refractivity contribution in [1.82, 2.24) is 24.8 Å². The van der Waals surface area contributed by atoms with E-state index in [2.05, 4.69) is 22.0 Å². The van der Waals surface area contributed by atoms with E-state index in [1.807, 2.05) is 42.4 Å². The van der Waals surface area contributed by atoms with Gasteiger partial charge in [-0.3, -0.25) is 14.7 Å². The first-order valence-electron chi connectivity index (χ1n) is 11.5. The van der Waals surface area contributed by atoms with Crippen LogP contribution in [0.5, 0.6) is 0 Å². The van der Waals surface area contributed by atoms with Gasteiger partial charge in [-0.25, -0.2) is 9.97 Å². The minimum absolute atomic E-state index is 0.116. The molecule has 0 spiro atoms. The number of carbonyl (C=O) groups is 1. The third-order valence-electron chi connectivity index (χ3n) is 6.49. The van der Waals surface area contributed by atoms with Gasteiger partial charge in [0.2, 0.25) is 5.91 Å². The quantitative estimate of drug-likeness (QED) is 0.626. The molecule has 1 amide bonds. The molecule has 0 radical (unpaired) electrons. The number of piperidine rings is 1. The van der Waals surface area contributed by atoms with Crippen molar-refractivity contribution < 1.29 is 9.53 Å². The number of pyridine rings is 1. The van der Waals surface area contributed by atoms with Crippen molar-refractivity contribution in [2.75, 3.05) is 58.9 Å². The highest BCUT2D eigenvalue weighted by Crippen LogP contribution is 2.32. The number of hydrogen-bond donors (Lipinski definition) is 0. The molecular weight excluding hydrogens is 404 g/mol. The lowest BCUT2D eigenvalue weighted by molar-refractivity contribution is -0.128. The largest absolute Gasteiger partial charge is 0.383 e. The van der Waals surface area contributed by atoms with E-state index in [0.717, 1.165) is 49.8 Å². The fourth-order valence-corrected chi connectivity index (χ4v) is 4.58. The molecule has 4 heterocycles. The molecule has 0 aliphatic carbocycles. The summed E-state index contributed by atoms with van der Waals surface area (Å²) in [6, 6.07) is 6.18. The van der Waals surface area contributed by atoms with Crippen LogP contribution in [0.1, 0.15) is 48.2 Å². The third-order valence-corrected chi connectivity index (χ3v) is 6.49. The molecule has 2 aromatic rings. The Bertz CT molecular complexity index is 899. The van der Waals surface area contributed by atoms with Gasteiger partial charge < -0.3 is 14.5 Å². The maximum atomic E-state index is 12.5. The van der Waals surface area contributed by atoms with Crippen LogP contribution in [0.3, 0.4) is 0 Å². The number of aromatic nitrogens is 3. The van der Waals surface area contributed by atoms with Gasteiger partial charge in [-0.2, -0.15) is 0 Å². The van der Waals surface area contributed by atoms with Gasteiger partial charge in [0.15, 0.2) is 0 Å². The Kier molecular flexibility index (Phi) is 7.32. The molecule has 8 heteroatoms. The number of rotatable bonds is 8. The molecule has 1 atom stereocenters. The van der Waals surface area contributed by atoms with E-state index in [1.165, 1.54) is 5.56 Å². The lowest BCUT2D eigenvalue weighted by Crippen LogP contribution is -2.33. The lowest BCUT2D eigenvalue weighted by atomic mass is 9.95. The van der Waals surface area contributed by atoms with Gasteiger partial charge in [-0.1, -0.05) is 6.07 Å². The van der Waals surface area contributed by atoms with Crippen molar-refractivity contribution in [3.8, 4) is 0 Å². The van der Waals surface area contributed by atoms with Crippen LogP contribution in [0, 0.1) is 0 Å². The zero-order valence-corrected chi connectivity index (χ0v) is 19.4. The van der Waals surface area contributed by atoms with Crippen molar-refractivity contribution in [1.29, 1.82) is 0 Å². The summed E-state index contributed by atoms with van der Waals surface area (Å²) in [7, 11) is 5.69. The van der Waals surface area contributed by atoms with E-state index < -0.39 is 0 Å². The highest BCUT2D eigenvalue weighted by atomic mass is 16.5. The molecule has 0 bridgehead atoms. The molecule has 2 aliphatic heterocycles. The predicted molar refractivity (Wildman–Crippen MR) is 124 cm³/mol. The third kappa shape index (κ3) is 5.42. The maximum absolute atomic E-state index is 12.5. The molecule has 2 saturated heterocycles. The maximum Gasteiger partial charge on any atom is 0.223 e. The van der Waals surface area contributed by atoms with Crippen molar-refractivity contribution >= 4 is 11.7 Å². The minimum Gasteiger partial charge on any atom is -0.383 e. The Morgan fingerprint density at radius 1 is 1.19 bits per heavy atom. The van der Waals surface area contributed by atoms with Crippen LogP contribution in [0.4, 0.5) is 5.82 Å². The number of methoxy groups -OCH3 is 1. The number of likely N-dealkylation sites (tertiary alicyclic amines) is 2. The number of ether oxygens (including phenoxy) is 1. The number of amides is 1. The van der Waals surface area contributed by atoms with Gasteiger partial charge in [-0.15, -0.1) is 0 Å². The topological polar surface area (TPSA) is 74.7 Å². The van der Waals surface area contributed by atoms with Crippen LogP contribution >= 0.6 is 0 Å². The molecule has 0 aromatic carbocycles. The summed E-state index contributed by atoms with van der Waals surface area (Å²) < 4.78 is 5.15. The van der Waals surface area contributed by atoms with E-state index in [0.29, 0.717) is 32.0 Å². The number of nitrogens with zero attached hydrogens (tertiary/aromatic N) is 6. The number of anilines is 1. The molecule has 2 fully saturated rings. The normalized spacial score (nSPS) is 20.2. The van der Waals surface area contributed by atoms with Gasteiger partial charge in [0.05, 0.1) is 12.3 Å². The smallest absolute Gasteiger partial charge is 0.223 e. The van der Waals surface area contributed by atoms with Crippen LogP contribution in [0.15, 0.2) is 30.6 Å². The Balaban J connectivity index is 1.45. The average Bonchev–Trinajstić information content (AvgIpc) is 3.19. The van der Waals surface area contributed by atoms with Gasteiger partial charge in [0, 0.05) is 77.6 Å². The van der Waals surface area contributed by atoms with E-state index >= 15 is 0 Å².